The maximum atomic E-state index is 13.1. The highest BCUT2D eigenvalue weighted by molar-refractivity contribution is 6.30. The van der Waals surface area contributed by atoms with Crippen LogP contribution in [0.5, 0.6) is 11.5 Å². The van der Waals surface area contributed by atoms with Gasteiger partial charge in [0.15, 0.2) is 18.1 Å². The predicted octanol–water partition coefficient (Wildman–Crippen LogP) is 4.06. The maximum absolute atomic E-state index is 13.1. The molecular weight excluding hydrogens is 404 g/mol. The van der Waals surface area contributed by atoms with Gasteiger partial charge >= 0.3 is 0 Å². The molecule has 0 aliphatic heterocycles. The number of hydrogen-bond acceptors (Lipinski definition) is 4. The van der Waals surface area contributed by atoms with Crippen LogP contribution in [-0.2, 0) is 16.1 Å². The Labute approximate surface area is 183 Å². The fourth-order valence-electron chi connectivity index (χ4n) is 3.05. The van der Waals surface area contributed by atoms with Crippen LogP contribution in [0, 0.1) is 0 Å². The molecule has 0 heterocycles. The van der Waals surface area contributed by atoms with Crippen LogP contribution in [0.3, 0.4) is 0 Å². The Hall–Kier alpha value is -2.73. The molecule has 2 aromatic rings. The Kier molecular flexibility index (Phi) is 8.99. The van der Waals surface area contributed by atoms with Gasteiger partial charge in [-0.05, 0) is 50.1 Å². The maximum Gasteiger partial charge on any atom is 0.261 e. The summed E-state index contributed by atoms with van der Waals surface area (Å²) < 4.78 is 11.0. The molecule has 1 atom stereocenters. The third kappa shape index (κ3) is 6.66. The molecular formula is C23H29ClN2O4. The number of hydrogen-bond donors (Lipinski definition) is 1. The van der Waals surface area contributed by atoms with Crippen LogP contribution in [0.1, 0.15) is 32.8 Å². The van der Waals surface area contributed by atoms with Crippen molar-refractivity contribution in [2.45, 2.75) is 45.8 Å². The van der Waals surface area contributed by atoms with Crippen molar-refractivity contribution in [3.8, 4) is 11.5 Å². The van der Waals surface area contributed by atoms with Crippen molar-refractivity contribution in [3.05, 3.63) is 59.1 Å². The van der Waals surface area contributed by atoms with Crippen molar-refractivity contribution in [3.63, 3.8) is 0 Å². The molecule has 0 saturated carbocycles. The lowest BCUT2D eigenvalue weighted by Crippen LogP contribution is -2.51. The molecule has 0 aliphatic carbocycles. The van der Waals surface area contributed by atoms with Crippen LogP contribution in [0.2, 0.25) is 5.02 Å². The summed E-state index contributed by atoms with van der Waals surface area (Å²) in [6, 6.07) is 13.7. The number of nitrogens with one attached hydrogen (secondary N) is 1. The molecule has 6 nitrogen and oxygen atoms in total. The van der Waals surface area contributed by atoms with E-state index in [-0.39, 0.29) is 31.0 Å². The molecule has 2 aromatic carbocycles. The molecule has 0 spiro atoms. The van der Waals surface area contributed by atoms with Crippen LogP contribution < -0.4 is 14.8 Å². The van der Waals surface area contributed by atoms with Crippen molar-refractivity contribution < 1.29 is 19.1 Å². The van der Waals surface area contributed by atoms with Crippen molar-refractivity contribution in [1.29, 1.82) is 0 Å². The average Bonchev–Trinajstić information content (AvgIpc) is 2.73. The fraction of sp³-hybridized carbons (Fsp3) is 0.391. The average molecular weight is 433 g/mol. The highest BCUT2D eigenvalue weighted by Crippen LogP contribution is 2.26. The zero-order valence-electron chi connectivity index (χ0n) is 17.9. The third-order valence-corrected chi connectivity index (χ3v) is 4.76. The number of para-hydroxylation sites is 2. The number of methoxy groups -OCH3 is 1. The van der Waals surface area contributed by atoms with Gasteiger partial charge in [-0.25, -0.2) is 0 Å². The first-order valence-corrected chi connectivity index (χ1v) is 10.3. The standard InChI is InChI=1S/C23H29ClN2O4/c1-5-19(23(28)25-16(2)3)26(14-17-10-12-18(24)13-11-17)22(27)15-30-21-9-7-6-8-20(21)29-4/h6-13,16,19H,5,14-15H2,1-4H3,(H,25,28)/t19-/m1/s1. The van der Waals surface area contributed by atoms with E-state index in [0.717, 1.165) is 5.56 Å². The number of nitrogens with zero attached hydrogens (tertiary/aromatic N) is 1. The number of halogens is 1. The first kappa shape index (κ1) is 23.5. The van der Waals surface area contributed by atoms with Gasteiger partial charge in [0, 0.05) is 17.6 Å². The van der Waals surface area contributed by atoms with E-state index < -0.39 is 6.04 Å². The van der Waals surface area contributed by atoms with E-state index >= 15 is 0 Å². The van der Waals surface area contributed by atoms with E-state index in [2.05, 4.69) is 5.32 Å². The Morgan fingerprint density at radius 1 is 1.07 bits per heavy atom. The molecule has 1 N–H and O–H groups in total. The van der Waals surface area contributed by atoms with Gasteiger partial charge in [-0.2, -0.15) is 0 Å². The van der Waals surface area contributed by atoms with E-state index in [0.29, 0.717) is 22.9 Å². The number of rotatable bonds is 10. The second-order valence-electron chi connectivity index (χ2n) is 7.17. The molecule has 7 heteroatoms. The molecule has 0 unspecified atom stereocenters. The second-order valence-corrected chi connectivity index (χ2v) is 7.61. The van der Waals surface area contributed by atoms with Crippen molar-refractivity contribution in [1.82, 2.24) is 10.2 Å². The lowest BCUT2D eigenvalue weighted by Gasteiger charge is -2.31. The molecule has 30 heavy (non-hydrogen) atoms. The Bertz CT molecular complexity index is 839. The fourth-order valence-corrected chi connectivity index (χ4v) is 3.17. The summed E-state index contributed by atoms with van der Waals surface area (Å²) in [5.74, 6) is 0.535. The first-order valence-electron chi connectivity index (χ1n) is 9.95. The monoisotopic (exact) mass is 432 g/mol. The molecule has 0 fully saturated rings. The van der Waals surface area contributed by atoms with Gasteiger partial charge in [-0.15, -0.1) is 0 Å². The SMILES string of the molecule is CC[C@H](C(=O)NC(C)C)N(Cc1ccc(Cl)cc1)C(=O)COc1ccccc1OC. The smallest absolute Gasteiger partial charge is 0.261 e. The summed E-state index contributed by atoms with van der Waals surface area (Å²) in [4.78, 5) is 27.4. The van der Waals surface area contributed by atoms with Gasteiger partial charge in [0.25, 0.3) is 5.91 Å². The summed E-state index contributed by atoms with van der Waals surface area (Å²) in [6.45, 7) is 5.73. The topological polar surface area (TPSA) is 67.9 Å². The van der Waals surface area contributed by atoms with Crippen LogP contribution in [0.25, 0.3) is 0 Å². The quantitative estimate of drug-likeness (QED) is 0.614. The zero-order chi connectivity index (χ0) is 22.1. The van der Waals surface area contributed by atoms with Crippen molar-refractivity contribution in [2.75, 3.05) is 13.7 Å². The molecule has 0 bridgehead atoms. The van der Waals surface area contributed by atoms with E-state index in [1.165, 1.54) is 0 Å². The Morgan fingerprint density at radius 3 is 2.27 bits per heavy atom. The van der Waals surface area contributed by atoms with Crippen LogP contribution >= 0.6 is 11.6 Å². The number of carbonyl (C=O) groups is 2. The summed E-state index contributed by atoms with van der Waals surface area (Å²) >= 11 is 5.98. The summed E-state index contributed by atoms with van der Waals surface area (Å²) in [6.07, 6.45) is 0.479. The minimum absolute atomic E-state index is 0.0242. The summed E-state index contributed by atoms with van der Waals surface area (Å²) in [5, 5.41) is 3.51. The van der Waals surface area contributed by atoms with Gasteiger partial charge in [0.1, 0.15) is 6.04 Å². The van der Waals surface area contributed by atoms with Crippen LogP contribution in [-0.4, -0.2) is 42.5 Å². The lowest BCUT2D eigenvalue weighted by atomic mass is 10.1. The zero-order valence-corrected chi connectivity index (χ0v) is 18.6. The number of benzene rings is 2. The van der Waals surface area contributed by atoms with Gasteiger partial charge < -0.3 is 19.7 Å². The molecule has 0 saturated heterocycles. The van der Waals surface area contributed by atoms with E-state index in [9.17, 15) is 9.59 Å². The lowest BCUT2D eigenvalue weighted by molar-refractivity contribution is -0.143. The number of amides is 2. The number of carbonyl (C=O) groups excluding carboxylic acids is 2. The molecule has 2 amide bonds. The molecule has 162 valence electrons. The minimum Gasteiger partial charge on any atom is -0.493 e. The van der Waals surface area contributed by atoms with E-state index in [4.69, 9.17) is 21.1 Å². The minimum atomic E-state index is -0.614. The predicted molar refractivity (Wildman–Crippen MR) is 118 cm³/mol. The van der Waals surface area contributed by atoms with Crippen LogP contribution in [0.15, 0.2) is 48.5 Å². The largest absolute Gasteiger partial charge is 0.493 e. The highest BCUT2D eigenvalue weighted by Gasteiger charge is 2.29. The van der Waals surface area contributed by atoms with Crippen molar-refractivity contribution in [2.24, 2.45) is 0 Å². The normalized spacial score (nSPS) is 11.7. The molecule has 0 aliphatic rings. The van der Waals surface area contributed by atoms with Gasteiger partial charge in [-0.3, -0.25) is 9.59 Å². The summed E-state index contributed by atoms with van der Waals surface area (Å²) in [5.41, 5.74) is 0.876. The first-order chi connectivity index (χ1) is 14.3. The van der Waals surface area contributed by atoms with Gasteiger partial charge in [0.05, 0.1) is 7.11 Å². The Morgan fingerprint density at radius 2 is 1.70 bits per heavy atom. The van der Waals surface area contributed by atoms with Gasteiger partial charge in [0.2, 0.25) is 5.91 Å². The Balaban J connectivity index is 2.22. The van der Waals surface area contributed by atoms with E-state index in [1.807, 2.05) is 39.0 Å². The number of ether oxygens (including phenoxy) is 2. The third-order valence-electron chi connectivity index (χ3n) is 4.50. The molecule has 2 rings (SSSR count). The van der Waals surface area contributed by atoms with Gasteiger partial charge in [-0.1, -0.05) is 42.8 Å². The van der Waals surface area contributed by atoms with E-state index in [1.54, 1.807) is 42.3 Å². The molecule has 0 aromatic heterocycles. The highest BCUT2D eigenvalue weighted by atomic mass is 35.5. The summed E-state index contributed by atoms with van der Waals surface area (Å²) in [7, 11) is 1.54. The second kappa shape index (κ2) is 11.5. The van der Waals surface area contributed by atoms with Crippen molar-refractivity contribution >= 4 is 23.4 Å². The van der Waals surface area contributed by atoms with Crippen LogP contribution in [0.4, 0.5) is 0 Å². The molecule has 0 radical (unpaired) electrons.